The second-order valence-corrected chi connectivity index (χ2v) is 8.38. The second-order valence-electron chi connectivity index (χ2n) is 7.94. The fourth-order valence-corrected chi connectivity index (χ4v) is 4.17. The molecule has 3 rings (SSSR count). The van der Waals surface area contributed by atoms with Crippen LogP contribution in [0.25, 0.3) is 0 Å². The first-order chi connectivity index (χ1) is 15.4. The molecule has 32 heavy (non-hydrogen) atoms. The van der Waals surface area contributed by atoms with Crippen molar-refractivity contribution in [2.75, 3.05) is 20.8 Å². The molecule has 0 spiro atoms. The van der Waals surface area contributed by atoms with Gasteiger partial charge < -0.3 is 14.2 Å². The molecule has 1 aromatic heterocycles. The summed E-state index contributed by atoms with van der Waals surface area (Å²) in [5.41, 5.74) is 1.63. The molecule has 0 radical (unpaired) electrons. The van der Waals surface area contributed by atoms with Gasteiger partial charge in [0, 0.05) is 37.8 Å². The van der Waals surface area contributed by atoms with Gasteiger partial charge in [0.15, 0.2) is 0 Å². The van der Waals surface area contributed by atoms with Gasteiger partial charge in [0.05, 0.1) is 6.04 Å². The molecular weight excluding hydrogens is 432 g/mol. The average Bonchev–Trinajstić information content (AvgIpc) is 3.16. The van der Waals surface area contributed by atoms with Crippen molar-refractivity contribution < 1.29 is 23.8 Å². The minimum atomic E-state index is -1.06. The fraction of sp³-hybridized carbons (Fsp3) is 0.458. The lowest BCUT2D eigenvalue weighted by molar-refractivity contribution is -0.223. The lowest BCUT2D eigenvalue weighted by Gasteiger charge is -2.31. The molecule has 8 heteroatoms. The number of rotatable bonds is 10. The van der Waals surface area contributed by atoms with Crippen molar-refractivity contribution in [1.29, 1.82) is 0 Å². The summed E-state index contributed by atoms with van der Waals surface area (Å²) >= 11 is 6.10. The van der Waals surface area contributed by atoms with Crippen molar-refractivity contribution >= 4 is 23.6 Å². The summed E-state index contributed by atoms with van der Waals surface area (Å²) in [5, 5.41) is 0.536. The quantitative estimate of drug-likeness (QED) is 0.483. The van der Waals surface area contributed by atoms with Gasteiger partial charge in [-0.3, -0.25) is 9.78 Å². The molecule has 1 aliphatic rings. The molecule has 0 saturated carbocycles. The molecule has 172 valence electrons. The molecule has 2 aromatic rings. The highest BCUT2D eigenvalue weighted by Crippen LogP contribution is 2.32. The van der Waals surface area contributed by atoms with Crippen molar-refractivity contribution in [3.05, 3.63) is 64.9 Å². The lowest BCUT2D eigenvalue weighted by atomic mass is 9.97. The largest absolute Gasteiger partial charge is 0.447 e. The Morgan fingerprint density at radius 1 is 1.28 bits per heavy atom. The van der Waals surface area contributed by atoms with E-state index in [1.54, 1.807) is 32.5 Å². The Hall–Kier alpha value is -2.48. The number of amides is 2. The van der Waals surface area contributed by atoms with E-state index in [9.17, 15) is 9.59 Å². The second kappa shape index (κ2) is 10.9. The van der Waals surface area contributed by atoms with Crippen LogP contribution in [0.4, 0.5) is 4.79 Å². The smallest absolute Gasteiger partial charge is 0.416 e. The number of carbonyl (C=O) groups is 2. The zero-order valence-electron chi connectivity index (χ0n) is 18.6. The fourth-order valence-electron chi connectivity index (χ4n) is 4.01. The number of imide groups is 1. The first kappa shape index (κ1) is 24.2. The van der Waals surface area contributed by atoms with Gasteiger partial charge in [0.1, 0.15) is 12.3 Å². The third-order valence-corrected chi connectivity index (χ3v) is 6.08. The molecule has 2 atom stereocenters. The van der Waals surface area contributed by atoms with E-state index in [2.05, 4.69) is 4.98 Å². The Kier molecular flexibility index (Phi) is 8.23. The number of halogens is 1. The SMILES string of the molecule is COC(CCC[C@@H](C)C(=O)N1C(=O)OC[C@H]1Cc1ccccc1)(OC)c1cc(Cl)ccn1. The van der Waals surface area contributed by atoms with Crippen LogP contribution in [0.2, 0.25) is 5.02 Å². The summed E-state index contributed by atoms with van der Waals surface area (Å²) in [6.45, 7) is 2.04. The number of aromatic nitrogens is 1. The first-order valence-electron chi connectivity index (χ1n) is 10.7. The summed E-state index contributed by atoms with van der Waals surface area (Å²) in [7, 11) is 3.10. The van der Waals surface area contributed by atoms with E-state index in [-0.39, 0.29) is 24.5 Å². The van der Waals surface area contributed by atoms with Crippen LogP contribution in [-0.4, -0.2) is 48.8 Å². The monoisotopic (exact) mass is 460 g/mol. The van der Waals surface area contributed by atoms with Gasteiger partial charge in [0.2, 0.25) is 11.7 Å². The third-order valence-electron chi connectivity index (χ3n) is 5.85. The molecule has 1 saturated heterocycles. The summed E-state index contributed by atoms with van der Waals surface area (Å²) in [6.07, 6.45) is 3.24. The van der Waals surface area contributed by atoms with Crippen molar-refractivity contribution in [3.8, 4) is 0 Å². The predicted octanol–water partition coefficient (Wildman–Crippen LogP) is 4.58. The molecule has 1 aliphatic heterocycles. The average molecular weight is 461 g/mol. The van der Waals surface area contributed by atoms with E-state index in [0.717, 1.165) is 5.56 Å². The zero-order chi connectivity index (χ0) is 23.1. The maximum atomic E-state index is 13.1. The summed E-state index contributed by atoms with van der Waals surface area (Å²) in [6, 6.07) is 12.9. The Morgan fingerprint density at radius 2 is 2.00 bits per heavy atom. The minimum Gasteiger partial charge on any atom is -0.447 e. The number of benzene rings is 1. The van der Waals surface area contributed by atoms with Crippen LogP contribution in [0.15, 0.2) is 48.7 Å². The molecule has 2 heterocycles. The molecule has 0 aliphatic carbocycles. The van der Waals surface area contributed by atoms with Gasteiger partial charge >= 0.3 is 6.09 Å². The van der Waals surface area contributed by atoms with E-state index < -0.39 is 11.9 Å². The maximum absolute atomic E-state index is 13.1. The Labute approximate surface area is 193 Å². The maximum Gasteiger partial charge on any atom is 0.416 e. The Bertz CT molecular complexity index is 920. The number of methoxy groups -OCH3 is 2. The van der Waals surface area contributed by atoms with Crippen LogP contribution in [-0.2, 0) is 31.2 Å². The highest BCUT2D eigenvalue weighted by Gasteiger charge is 2.40. The van der Waals surface area contributed by atoms with Crippen LogP contribution in [0.5, 0.6) is 0 Å². The van der Waals surface area contributed by atoms with E-state index in [0.29, 0.717) is 36.4 Å². The molecule has 2 amide bonds. The third kappa shape index (κ3) is 5.46. The topological polar surface area (TPSA) is 78.0 Å². The molecule has 7 nitrogen and oxygen atoms in total. The molecular formula is C24H29ClN2O5. The highest BCUT2D eigenvalue weighted by molar-refractivity contribution is 6.30. The molecule has 1 fully saturated rings. The van der Waals surface area contributed by atoms with Crippen molar-refractivity contribution in [1.82, 2.24) is 9.88 Å². The normalized spacial score (nSPS) is 17.3. The van der Waals surface area contributed by atoms with Crippen LogP contribution < -0.4 is 0 Å². The van der Waals surface area contributed by atoms with Gasteiger partial charge in [0.25, 0.3) is 0 Å². The number of ether oxygens (including phenoxy) is 3. The van der Waals surface area contributed by atoms with E-state index >= 15 is 0 Å². The van der Waals surface area contributed by atoms with Gasteiger partial charge in [-0.1, -0.05) is 48.9 Å². The molecule has 0 unspecified atom stereocenters. The summed E-state index contributed by atoms with van der Waals surface area (Å²) in [4.78, 5) is 31.0. The Morgan fingerprint density at radius 3 is 2.66 bits per heavy atom. The number of nitrogens with zero attached hydrogens (tertiary/aromatic N) is 2. The number of hydrogen-bond acceptors (Lipinski definition) is 6. The zero-order valence-corrected chi connectivity index (χ0v) is 19.4. The highest BCUT2D eigenvalue weighted by atomic mass is 35.5. The Balaban J connectivity index is 1.62. The van der Waals surface area contributed by atoms with Gasteiger partial charge in [-0.25, -0.2) is 9.69 Å². The molecule has 0 bridgehead atoms. The van der Waals surface area contributed by atoms with Crippen LogP contribution in [0.1, 0.15) is 37.4 Å². The number of cyclic esters (lactones) is 1. The first-order valence-corrected chi connectivity index (χ1v) is 11.0. The molecule has 1 aromatic carbocycles. The summed E-state index contributed by atoms with van der Waals surface area (Å²) < 4.78 is 16.5. The van der Waals surface area contributed by atoms with Crippen molar-refractivity contribution in [2.24, 2.45) is 5.92 Å². The van der Waals surface area contributed by atoms with Crippen LogP contribution in [0.3, 0.4) is 0 Å². The summed E-state index contributed by atoms with van der Waals surface area (Å²) in [5.74, 6) is -1.65. The van der Waals surface area contributed by atoms with Gasteiger partial charge in [-0.2, -0.15) is 0 Å². The van der Waals surface area contributed by atoms with Gasteiger partial charge in [-0.05, 0) is 37.0 Å². The predicted molar refractivity (Wildman–Crippen MR) is 120 cm³/mol. The van der Waals surface area contributed by atoms with Crippen molar-refractivity contribution in [3.63, 3.8) is 0 Å². The minimum absolute atomic E-state index is 0.211. The van der Waals surface area contributed by atoms with E-state index in [1.165, 1.54) is 4.90 Å². The lowest BCUT2D eigenvalue weighted by Crippen LogP contribution is -2.43. The standard InChI is InChI=1S/C24H29ClN2O5/c1-17(8-7-12-24(30-2,31-3)21-15-19(25)11-13-26-21)22(28)27-20(16-32-23(27)29)14-18-9-5-4-6-10-18/h4-6,9-11,13,15,17,20H,7-8,12,14,16H2,1-3H3/t17-,20-/m1/s1. The van der Waals surface area contributed by atoms with Gasteiger partial charge in [-0.15, -0.1) is 0 Å². The van der Waals surface area contributed by atoms with Crippen LogP contribution >= 0.6 is 11.6 Å². The van der Waals surface area contributed by atoms with Crippen molar-refractivity contribution in [2.45, 2.75) is 44.4 Å². The number of carbonyl (C=O) groups excluding carboxylic acids is 2. The van der Waals surface area contributed by atoms with Crippen LogP contribution in [0, 0.1) is 5.92 Å². The number of pyridine rings is 1. The molecule has 0 N–H and O–H groups in total. The van der Waals surface area contributed by atoms with E-state index in [4.69, 9.17) is 25.8 Å². The number of hydrogen-bond donors (Lipinski definition) is 0. The van der Waals surface area contributed by atoms with E-state index in [1.807, 2.05) is 37.3 Å².